The van der Waals surface area contributed by atoms with Crippen molar-refractivity contribution in [2.45, 2.75) is 13.1 Å². The lowest BCUT2D eigenvalue weighted by molar-refractivity contribution is -0.139. The maximum absolute atomic E-state index is 13.1. The van der Waals surface area contributed by atoms with E-state index in [0.717, 1.165) is 24.2 Å². The van der Waals surface area contributed by atoms with Gasteiger partial charge in [-0.25, -0.2) is 0 Å². The normalized spacial score (nSPS) is 14.9. The van der Waals surface area contributed by atoms with E-state index in [4.69, 9.17) is 9.84 Å². The van der Waals surface area contributed by atoms with Gasteiger partial charge in [0, 0.05) is 11.8 Å². The minimum Gasteiger partial charge on any atom is -0.496 e. The largest absolute Gasteiger partial charge is 0.496 e. The van der Waals surface area contributed by atoms with Gasteiger partial charge >= 0.3 is 6.18 Å². The number of amides is 2. The molecule has 0 unspecified atom stereocenters. The highest BCUT2D eigenvalue weighted by atomic mass is 19.4. The third-order valence-corrected chi connectivity index (χ3v) is 3.40. The summed E-state index contributed by atoms with van der Waals surface area (Å²) in [6, 6.07) is 2.18. The number of halogens is 3. The smallest absolute Gasteiger partial charge is 0.420 e. The molecule has 1 heterocycles. The van der Waals surface area contributed by atoms with E-state index >= 15 is 0 Å². The number of methoxy groups -OCH3 is 1. The molecule has 0 bridgehead atoms. The van der Waals surface area contributed by atoms with Crippen LogP contribution < -0.4 is 10.1 Å². The average Bonchev–Trinajstić information content (AvgIpc) is 2.74. The van der Waals surface area contributed by atoms with E-state index in [1.165, 1.54) is 13.0 Å². The number of imide groups is 1. The van der Waals surface area contributed by atoms with Crippen LogP contribution in [0.1, 0.15) is 11.1 Å². The Kier molecular flexibility index (Phi) is 4.83. The Morgan fingerprint density at radius 3 is 2.50 bits per heavy atom. The zero-order chi connectivity index (χ0) is 18.1. The van der Waals surface area contributed by atoms with Crippen LogP contribution in [0, 0.1) is 6.92 Å². The summed E-state index contributed by atoms with van der Waals surface area (Å²) in [7, 11) is 1.14. The molecule has 24 heavy (non-hydrogen) atoms. The molecule has 1 aliphatic rings. The third kappa shape index (κ3) is 3.35. The van der Waals surface area contributed by atoms with E-state index in [-0.39, 0.29) is 29.2 Å². The highest BCUT2D eigenvalue weighted by molar-refractivity contribution is 6.17. The molecular weight excluding hydrogens is 329 g/mol. The number of carbonyl (C=O) groups is 2. The van der Waals surface area contributed by atoms with E-state index in [9.17, 15) is 22.8 Å². The van der Waals surface area contributed by atoms with Gasteiger partial charge in [-0.05, 0) is 24.6 Å². The quantitative estimate of drug-likeness (QED) is 0.795. The molecule has 130 valence electrons. The van der Waals surface area contributed by atoms with Crippen LogP contribution in [0.25, 0.3) is 0 Å². The molecule has 1 aliphatic heterocycles. The number of aliphatic hydroxyl groups is 1. The summed E-state index contributed by atoms with van der Waals surface area (Å²) < 4.78 is 44.2. The number of hydrogen-bond donors (Lipinski definition) is 2. The molecule has 2 N–H and O–H groups in total. The Hall–Kier alpha value is -2.55. The lowest BCUT2D eigenvalue weighted by Crippen LogP contribution is -2.34. The minimum atomic E-state index is -4.64. The molecule has 0 aromatic heterocycles. The molecule has 1 aromatic rings. The van der Waals surface area contributed by atoms with E-state index < -0.39 is 30.2 Å². The number of nitrogens with zero attached hydrogens (tertiary/aromatic N) is 1. The molecule has 2 rings (SSSR count). The third-order valence-electron chi connectivity index (χ3n) is 3.40. The number of carbonyl (C=O) groups excluding carboxylic acids is 2. The Bertz CT molecular complexity index is 713. The van der Waals surface area contributed by atoms with Crippen molar-refractivity contribution < 1.29 is 32.6 Å². The molecule has 0 radical (unpaired) electrons. The number of aryl methyl sites for hydroxylation is 1. The van der Waals surface area contributed by atoms with E-state index in [0.29, 0.717) is 0 Å². The highest BCUT2D eigenvalue weighted by Crippen LogP contribution is 2.40. The fraction of sp³-hybridized carbons (Fsp3) is 0.333. The van der Waals surface area contributed by atoms with Crippen molar-refractivity contribution >= 4 is 17.5 Å². The first-order valence-corrected chi connectivity index (χ1v) is 6.90. The lowest BCUT2D eigenvalue weighted by atomic mass is 10.1. The molecule has 2 amide bonds. The number of benzene rings is 1. The maximum atomic E-state index is 13.1. The second kappa shape index (κ2) is 6.52. The molecule has 0 fully saturated rings. The Labute approximate surface area is 135 Å². The lowest BCUT2D eigenvalue weighted by Gasteiger charge is -2.17. The summed E-state index contributed by atoms with van der Waals surface area (Å²) in [4.78, 5) is 24.5. The summed E-state index contributed by atoms with van der Waals surface area (Å²) >= 11 is 0. The number of alkyl halides is 3. The Morgan fingerprint density at radius 2 is 1.96 bits per heavy atom. The van der Waals surface area contributed by atoms with Crippen LogP contribution in [-0.4, -0.2) is 42.1 Å². The van der Waals surface area contributed by atoms with Crippen molar-refractivity contribution in [3.63, 3.8) is 0 Å². The molecule has 9 heteroatoms. The van der Waals surface area contributed by atoms with Crippen molar-refractivity contribution in [2.75, 3.05) is 25.6 Å². The highest BCUT2D eigenvalue weighted by Gasteiger charge is 2.36. The van der Waals surface area contributed by atoms with E-state index in [1.54, 1.807) is 0 Å². The molecule has 0 saturated carbocycles. The summed E-state index contributed by atoms with van der Waals surface area (Å²) in [6.07, 6.45) is -3.66. The molecule has 0 saturated heterocycles. The average molecular weight is 344 g/mol. The standard InChI is InChI=1S/C15H15F3N2O4/c1-8-5-9(6-10(13(8)24-2)15(16,17)18)19-11-7-12(22)20(3-4-21)14(11)23/h5-7,19,21H,3-4H2,1-2H3. The first-order chi connectivity index (χ1) is 11.2. The Balaban J connectivity index is 2.35. The van der Waals surface area contributed by atoms with Crippen LogP contribution >= 0.6 is 0 Å². The molecule has 1 aromatic carbocycles. The first kappa shape index (κ1) is 17.8. The second-order valence-electron chi connectivity index (χ2n) is 5.07. The van der Waals surface area contributed by atoms with Gasteiger partial charge in [0.05, 0.1) is 25.8 Å². The number of aliphatic hydroxyl groups excluding tert-OH is 1. The molecule has 0 spiro atoms. The molecule has 6 nitrogen and oxygen atoms in total. The molecular formula is C15H15F3N2O4. The van der Waals surface area contributed by atoms with Gasteiger partial charge in [-0.1, -0.05) is 0 Å². The fourth-order valence-corrected chi connectivity index (χ4v) is 2.39. The van der Waals surface area contributed by atoms with Crippen LogP contribution in [0.3, 0.4) is 0 Å². The minimum absolute atomic E-state index is 0.00104. The van der Waals surface area contributed by atoms with Crippen molar-refractivity contribution in [3.05, 3.63) is 35.0 Å². The number of β-amino-alcohol motifs (C(OH)–C–C–N with tert-alkyl or cyclic N) is 1. The van der Waals surface area contributed by atoms with Crippen LogP contribution in [-0.2, 0) is 15.8 Å². The van der Waals surface area contributed by atoms with Crippen molar-refractivity contribution in [2.24, 2.45) is 0 Å². The van der Waals surface area contributed by atoms with Gasteiger partial charge in [0.2, 0.25) is 0 Å². The van der Waals surface area contributed by atoms with Gasteiger partial charge < -0.3 is 15.2 Å². The van der Waals surface area contributed by atoms with Gasteiger partial charge in [0.25, 0.3) is 11.8 Å². The predicted octanol–water partition coefficient (Wildman–Crippen LogP) is 1.68. The SMILES string of the molecule is COc1c(C)cc(NC2=CC(=O)N(CCO)C2=O)cc1C(F)(F)F. The van der Waals surface area contributed by atoms with Crippen LogP contribution in [0.15, 0.2) is 23.9 Å². The number of rotatable bonds is 5. The zero-order valence-electron chi connectivity index (χ0n) is 12.9. The van der Waals surface area contributed by atoms with Crippen LogP contribution in [0.4, 0.5) is 18.9 Å². The summed E-state index contributed by atoms with van der Waals surface area (Å²) in [5, 5.41) is 11.4. The summed E-state index contributed by atoms with van der Waals surface area (Å²) in [5.74, 6) is -1.66. The van der Waals surface area contributed by atoms with E-state index in [2.05, 4.69) is 5.32 Å². The van der Waals surface area contributed by atoms with Crippen molar-refractivity contribution in [1.82, 2.24) is 4.90 Å². The summed E-state index contributed by atoms with van der Waals surface area (Å²) in [5.41, 5.74) is -0.929. The first-order valence-electron chi connectivity index (χ1n) is 6.90. The van der Waals surface area contributed by atoms with Gasteiger partial charge in [0.1, 0.15) is 11.4 Å². The van der Waals surface area contributed by atoms with Gasteiger partial charge in [0.15, 0.2) is 0 Å². The van der Waals surface area contributed by atoms with Crippen LogP contribution in [0.5, 0.6) is 5.75 Å². The van der Waals surface area contributed by atoms with E-state index in [1.807, 2.05) is 0 Å². The zero-order valence-corrected chi connectivity index (χ0v) is 12.9. The van der Waals surface area contributed by atoms with Crippen LogP contribution in [0.2, 0.25) is 0 Å². The maximum Gasteiger partial charge on any atom is 0.420 e. The summed E-state index contributed by atoms with van der Waals surface area (Å²) in [6.45, 7) is 0.848. The van der Waals surface area contributed by atoms with Gasteiger partial charge in [-0.2, -0.15) is 13.2 Å². The van der Waals surface area contributed by atoms with Crippen molar-refractivity contribution in [3.8, 4) is 5.75 Å². The number of ether oxygens (including phenoxy) is 1. The van der Waals surface area contributed by atoms with Gasteiger partial charge in [-0.3, -0.25) is 14.5 Å². The van der Waals surface area contributed by atoms with Crippen molar-refractivity contribution in [1.29, 1.82) is 0 Å². The topological polar surface area (TPSA) is 78.9 Å². The molecule has 0 aliphatic carbocycles. The second-order valence-corrected chi connectivity index (χ2v) is 5.07. The molecule has 0 atom stereocenters. The number of anilines is 1. The predicted molar refractivity (Wildman–Crippen MR) is 78.2 cm³/mol. The van der Waals surface area contributed by atoms with Gasteiger partial charge in [-0.15, -0.1) is 0 Å². The number of hydrogen-bond acceptors (Lipinski definition) is 5. The Morgan fingerprint density at radius 1 is 1.29 bits per heavy atom. The fourth-order valence-electron chi connectivity index (χ4n) is 2.39. The number of nitrogens with one attached hydrogen (secondary N) is 1. The monoisotopic (exact) mass is 344 g/mol.